The largest absolute Gasteiger partial charge is 0.339 e. The highest BCUT2D eigenvalue weighted by atomic mass is 16.5. The normalized spacial score (nSPS) is 10.6. The molecule has 0 fully saturated rings. The molecule has 6 nitrogen and oxygen atoms in total. The molecule has 0 aliphatic heterocycles. The maximum absolute atomic E-state index is 5.10. The zero-order valence-corrected chi connectivity index (χ0v) is 9.05. The molecule has 16 heavy (non-hydrogen) atoms. The van der Waals surface area contributed by atoms with E-state index in [0.29, 0.717) is 17.4 Å². The first-order chi connectivity index (χ1) is 7.90. The maximum Gasteiger partial charge on any atom is 0.228 e. The van der Waals surface area contributed by atoms with Crippen molar-refractivity contribution in [2.24, 2.45) is 0 Å². The van der Waals surface area contributed by atoms with Gasteiger partial charge in [0.2, 0.25) is 11.7 Å². The lowest BCUT2D eigenvalue weighted by atomic mass is 10.4. The van der Waals surface area contributed by atoms with Crippen molar-refractivity contribution in [2.45, 2.75) is 13.3 Å². The molecule has 2 rings (SSSR count). The molecule has 0 saturated carbocycles. The smallest absolute Gasteiger partial charge is 0.228 e. The van der Waals surface area contributed by atoms with Crippen LogP contribution >= 0.6 is 0 Å². The van der Waals surface area contributed by atoms with Gasteiger partial charge < -0.3 is 9.84 Å². The van der Waals surface area contributed by atoms with Gasteiger partial charge in [-0.15, -0.1) is 0 Å². The van der Waals surface area contributed by atoms with Gasteiger partial charge in [-0.3, -0.25) is 4.98 Å². The summed E-state index contributed by atoms with van der Waals surface area (Å²) < 4.78 is 5.10. The van der Waals surface area contributed by atoms with Gasteiger partial charge >= 0.3 is 0 Å². The van der Waals surface area contributed by atoms with Crippen molar-refractivity contribution in [1.29, 1.82) is 0 Å². The molecule has 2 aromatic heterocycles. The van der Waals surface area contributed by atoms with E-state index in [9.17, 15) is 0 Å². The Morgan fingerprint density at radius 2 is 2.31 bits per heavy atom. The lowest BCUT2D eigenvalue weighted by Gasteiger charge is -1.95. The molecule has 2 heterocycles. The molecule has 0 radical (unpaired) electrons. The summed E-state index contributed by atoms with van der Waals surface area (Å²) in [5.74, 6) is 1.10. The molecule has 0 aliphatic rings. The third kappa shape index (κ3) is 2.60. The molecule has 2 aromatic rings. The zero-order valence-electron chi connectivity index (χ0n) is 9.05. The summed E-state index contributed by atoms with van der Waals surface area (Å²) in [4.78, 5) is 12.3. The Morgan fingerprint density at radius 1 is 1.38 bits per heavy atom. The first-order valence-electron chi connectivity index (χ1n) is 5.20. The van der Waals surface area contributed by atoms with Crippen molar-refractivity contribution in [3.8, 4) is 11.5 Å². The first kappa shape index (κ1) is 10.7. The average Bonchev–Trinajstić information content (AvgIpc) is 2.79. The quantitative estimate of drug-likeness (QED) is 0.745. The summed E-state index contributed by atoms with van der Waals surface area (Å²) in [6, 6.07) is 0. The van der Waals surface area contributed by atoms with Crippen LogP contribution in [0.15, 0.2) is 23.1 Å². The van der Waals surface area contributed by atoms with E-state index in [-0.39, 0.29) is 0 Å². The first-order valence-corrected chi connectivity index (χ1v) is 5.20. The number of likely N-dealkylation sites (N-methyl/N-ethyl adjacent to an activating group) is 1. The highest BCUT2D eigenvalue weighted by Gasteiger charge is 2.08. The zero-order chi connectivity index (χ0) is 11.2. The fraction of sp³-hybridized carbons (Fsp3) is 0.400. The average molecular weight is 219 g/mol. The number of hydrogen-bond acceptors (Lipinski definition) is 6. The molecule has 0 aromatic carbocycles. The third-order valence-corrected chi connectivity index (χ3v) is 2.03. The Bertz CT molecular complexity index is 428. The van der Waals surface area contributed by atoms with Crippen molar-refractivity contribution in [3.63, 3.8) is 0 Å². The minimum absolute atomic E-state index is 0.486. The summed E-state index contributed by atoms with van der Waals surface area (Å²) in [7, 11) is 0. The maximum atomic E-state index is 5.10. The van der Waals surface area contributed by atoms with Gasteiger partial charge in [0.15, 0.2) is 0 Å². The van der Waals surface area contributed by atoms with E-state index in [1.165, 1.54) is 0 Å². The van der Waals surface area contributed by atoms with E-state index >= 15 is 0 Å². The second kappa shape index (κ2) is 5.32. The van der Waals surface area contributed by atoms with Crippen molar-refractivity contribution < 1.29 is 4.52 Å². The number of hydrogen-bond donors (Lipinski definition) is 1. The molecule has 0 spiro atoms. The number of rotatable bonds is 5. The second-order valence-electron chi connectivity index (χ2n) is 3.21. The SMILES string of the molecule is CCNCCc1nc(-c2cnccn2)no1. The van der Waals surface area contributed by atoms with Gasteiger partial charge in [0, 0.05) is 25.4 Å². The molecule has 1 N–H and O–H groups in total. The molecule has 0 aliphatic carbocycles. The molecular formula is C10H13N5O. The van der Waals surface area contributed by atoms with Gasteiger partial charge in [-0.25, -0.2) is 4.98 Å². The van der Waals surface area contributed by atoms with Gasteiger partial charge in [0.05, 0.1) is 6.20 Å². The van der Waals surface area contributed by atoms with E-state index in [0.717, 1.165) is 19.5 Å². The summed E-state index contributed by atoms with van der Waals surface area (Å²) in [5.41, 5.74) is 0.626. The van der Waals surface area contributed by atoms with Crippen LogP contribution in [0.1, 0.15) is 12.8 Å². The minimum Gasteiger partial charge on any atom is -0.339 e. The fourth-order valence-electron chi connectivity index (χ4n) is 1.25. The molecule has 84 valence electrons. The lowest BCUT2D eigenvalue weighted by molar-refractivity contribution is 0.376. The highest BCUT2D eigenvalue weighted by molar-refractivity contribution is 5.45. The van der Waals surface area contributed by atoms with Crippen LogP contribution < -0.4 is 5.32 Å². The van der Waals surface area contributed by atoms with Gasteiger partial charge in [-0.2, -0.15) is 4.98 Å². The van der Waals surface area contributed by atoms with Crippen LogP contribution in [0.4, 0.5) is 0 Å². The predicted molar refractivity (Wildman–Crippen MR) is 57.6 cm³/mol. The highest BCUT2D eigenvalue weighted by Crippen LogP contribution is 2.10. The standard InChI is InChI=1S/C10H13N5O/c1-2-11-4-3-9-14-10(15-16-9)8-7-12-5-6-13-8/h5-7,11H,2-4H2,1H3. The summed E-state index contributed by atoms with van der Waals surface area (Å²) in [6.45, 7) is 3.82. The Hall–Kier alpha value is -1.82. The molecule has 0 amide bonds. The van der Waals surface area contributed by atoms with Gasteiger partial charge in [0.25, 0.3) is 0 Å². The monoisotopic (exact) mass is 219 g/mol. The van der Waals surface area contributed by atoms with Crippen LogP contribution in [0.3, 0.4) is 0 Å². The van der Waals surface area contributed by atoms with Crippen LogP contribution in [0, 0.1) is 0 Å². The van der Waals surface area contributed by atoms with Crippen LogP contribution in [0.25, 0.3) is 11.5 Å². The van der Waals surface area contributed by atoms with Crippen molar-refractivity contribution in [3.05, 3.63) is 24.5 Å². The molecule has 0 saturated heterocycles. The number of aromatic nitrogens is 4. The third-order valence-electron chi connectivity index (χ3n) is 2.03. The number of nitrogens with one attached hydrogen (secondary N) is 1. The van der Waals surface area contributed by atoms with E-state index in [1.807, 2.05) is 0 Å². The van der Waals surface area contributed by atoms with Crippen molar-refractivity contribution >= 4 is 0 Å². The fourth-order valence-corrected chi connectivity index (χ4v) is 1.25. The van der Waals surface area contributed by atoms with Gasteiger partial charge in [-0.1, -0.05) is 12.1 Å². The van der Waals surface area contributed by atoms with Crippen LogP contribution in [0.5, 0.6) is 0 Å². The molecule has 0 atom stereocenters. The van der Waals surface area contributed by atoms with Gasteiger partial charge in [0.1, 0.15) is 5.69 Å². The Kier molecular flexibility index (Phi) is 3.55. The second-order valence-corrected chi connectivity index (χ2v) is 3.21. The number of nitrogens with zero attached hydrogens (tertiary/aromatic N) is 4. The van der Waals surface area contributed by atoms with Gasteiger partial charge in [-0.05, 0) is 6.54 Å². The molecule has 0 bridgehead atoms. The summed E-state index contributed by atoms with van der Waals surface area (Å²) in [5, 5.41) is 7.04. The lowest BCUT2D eigenvalue weighted by Crippen LogP contribution is -2.16. The van der Waals surface area contributed by atoms with E-state index < -0.39 is 0 Å². The topological polar surface area (TPSA) is 76.7 Å². The van der Waals surface area contributed by atoms with E-state index in [1.54, 1.807) is 18.6 Å². The van der Waals surface area contributed by atoms with Crippen molar-refractivity contribution in [1.82, 2.24) is 25.4 Å². The molecule has 6 heteroatoms. The molecular weight excluding hydrogens is 206 g/mol. The van der Waals surface area contributed by atoms with Crippen LogP contribution in [0.2, 0.25) is 0 Å². The summed E-state index contributed by atoms with van der Waals surface area (Å²) in [6.07, 6.45) is 5.54. The Morgan fingerprint density at radius 3 is 3.06 bits per heavy atom. The van der Waals surface area contributed by atoms with E-state index in [4.69, 9.17) is 4.52 Å². The predicted octanol–water partition coefficient (Wildman–Crippen LogP) is 0.679. The van der Waals surface area contributed by atoms with Crippen LogP contribution in [-0.4, -0.2) is 33.2 Å². The Labute approximate surface area is 93.1 Å². The Balaban J connectivity index is 2.02. The van der Waals surface area contributed by atoms with Crippen LogP contribution in [-0.2, 0) is 6.42 Å². The van der Waals surface area contributed by atoms with Crippen molar-refractivity contribution in [2.75, 3.05) is 13.1 Å². The molecule has 0 unspecified atom stereocenters. The van der Waals surface area contributed by atoms with E-state index in [2.05, 4.69) is 32.3 Å². The summed E-state index contributed by atoms with van der Waals surface area (Å²) >= 11 is 0. The minimum atomic E-state index is 0.486.